The molecular formula is C14H18N2O4. The van der Waals surface area contributed by atoms with Crippen molar-refractivity contribution in [2.24, 2.45) is 11.8 Å². The molecule has 6 heteroatoms. The Bertz CT molecular complexity index is 530. The molecule has 0 saturated heterocycles. The Kier molecular flexibility index (Phi) is 4.22. The predicted molar refractivity (Wildman–Crippen MR) is 71.7 cm³/mol. The molecule has 0 radical (unpaired) electrons. The second-order valence-electron chi connectivity index (χ2n) is 4.92. The molecule has 1 aromatic rings. The Hall–Kier alpha value is -2.11. The first kappa shape index (κ1) is 14.3. The summed E-state index contributed by atoms with van der Waals surface area (Å²) in [6, 6.07) is 3.06. The van der Waals surface area contributed by atoms with Crippen molar-refractivity contribution in [3.8, 4) is 5.75 Å². The minimum Gasteiger partial charge on any atom is -0.494 e. The van der Waals surface area contributed by atoms with Crippen LogP contribution >= 0.6 is 0 Å². The first-order valence-corrected chi connectivity index (χ1v) is 6.48. The van der Waals surface area contributed by atoms with Gasteiger partial charge in [-0.25, -0.2) is 9.78 Å². The van der Waals surface area contributed by atoms with Crippen LogP contribution in [0.1, 0.15) is 34.3 Å². The summed E-state index contributed by atoms with van der Waals surface area (Å²) >= 11 is 0. The SMILES string of the molecule is COC(=O)c1nc(C(=O)NCC2CC2C)ccc1OC. The van der Waals surface area contributed by atoms with Gasteiger partial charge in [0, 0.05) is 6.54 Å². The van der Waals surface area contributed by atoms with Crippen LogP contribution < -0.4 is 10.1 Å². The van der Waals surface area contributed by atoms with Crippen LogP contribution in [0.15, 0.2) is 12.1 Å². The van der Waals surface area contributed by atoms with Crippen LogP contribution in [0.3, 0.4) is 0 Å². The van der Waals surface area contributed by atoms with Crippen molar-refractivity contribution in [2.45, 2.75) is 13.3 Å². The van der Waals surface area contributed by atoms with Gasteiger partial charge in [-0.05, 0) is 30.4 Å². The number of nitrogens with zero attached hydrogens (tertiary/aromatic N) is 1. The zero-order valence-corrected chi connectivity index (χ0v) is 11.8. The summed E-state index contributed by atoms with van der Waals surface area (Å²) in [5.41, 5.74) is 0.182. The lowest BCUT2D eigenvalue weighted by Crippen LogP contribution is -2.27. The van der Waals surface area contributed by atoms with E-state index in [2.05, 4.69) is 22.0 Å². The van der Waals surface area contributed by atoms with Crippen molar-refractivity contribution in [1.82, 2.24) is 10.3 Å². The Balaban J connectivity index is 2.10. The molecule has 1 aliphatic rings. The lowest BCUT2D eigenvalue weighted by Gasteiger charge is -2.08. The molecule has 1 aliphatic carbocycles. The highest BCUT2D eigenvalue weighted by Crippen LogP contribution is 2.36. The number of hydrogen-bond donors (Lipinski definition) is 1. The third kappa shape index (κ3) is 3.07. The van der Waals surface area contributed by atoms with Gasteiger partial charge >= 0.3 is 5.97 Å². The summed E-state index contributed by atoms with van der Waals surface area (Å²) in [6.45, 7) is 2.79. The Morgan fingerprint density at radius 3 is 2.65 bits per heavy atom. The summed E-state index contributed by atoms with van der Waals surface area (Å²) in [6.07, 6.45) is 1.14. The van der Waals surface area contributed by atoms with Gasteiger partial charge in [0.1, 0.15) is 5.69 Å². The maximum Gasteiger partial charge on any atom is 0.360 e. The van der Waals surface area contributed by atoms with Gasteiger partial charge < -0.3 is 14.8 Å². The second kappa shape index (κ2) is 5.90. The van der Waals surface area contributed by atoms with Gasteiger partial charge in [-0.1, -0.05) is 6.92 Å². The lowest BCUT2D eigenvalue weighted by molar-refractivity contribution is 0.0590. The van der Waals surface area contributed by atoms with Crippen LogP contribution in [0.2, 0.25) is 0 Å². The number of carbonyl (C=O) groups is 2. The van der Waals surface area contributed by atoms with E-state index in [1.54, 1.807) is 0 Å². The van der Waals surface area contributed by atoms with E-state index in [-0.39, 0.29) is 23.0 Å². The zero-order chi connectivity index (χ0) is 14.7. The summed E-state index contributed by atoms with van der Waals surface area (Å²) in [5, 5.41) is 2.82. The molecule has 108 valence electrons. The highest BCUT2D eigenvalue weighted by molar-refractivity contribution is 5.95. The third-order valence-corrected chi connectivity index (χ3v) is 3.49. The molecular weight excluding hydrogens is 260 g/mol. The number of amides is 1. The van der Waals surface area contributed by atoms with Crippen molar-refractivity contribution < 1.29 is 19.1 Å². The quantitative estimate of drug-likeness (QED) is 0.820. The molecule has 2 unspecified atom stereocenters. The summed E-state index contributed by atoms with van der Waals surface area (Å²) in [7, 11) is 2.68. The fourth-order valence-corrected chi connectivity index (χ4v) is 1.98. The average molecular weight is 278 g/mol. The van der Waals surface area contributed by atoms with E-state index in [4.69, 9.17) is 4.74 Å². The van der Waals surface area contributed by atoms with Crippen molar-refractivity contribution in [3.05, 3.63) is 23.5 Å². The predicted octanol–water partition coefficient (Wildman–Crippen LogP) is 1.26. The molecule has 2 rings (SSSR count). The number of nitrogens with one attached hydrogen (secondary N) is 1. The summed E-state index contributed by atoms with van der Waals surface area (Å²) in [4.78, 5) is 27.6. The number of methoxy groups -OCH3 is 2. The fraction of sp³-hybridized carbons (Fsp3) is 0.500. The smallest absolute Gasteiger partial charge is 0.360 e. The lowest BCUT2D eigenvalue weighted by atomic mass is 10.2. The topological polar surface area (TPSA) is 77.5 Å². The second-order valence-corrected chi connectivity index (χ2v) is 4.92. The van der Waals surface area contributed by atoms with Crippen LogP contribution in [-0.2, 0) is 4.74 Å². The molecule has 1 amide bonds. The van der Waals surface area contributed by atoms with Gasteiger partial charge in [0.25, 0.3) is 5.91 Å². The minimum absolute atomic E-state index is 0.00226. The fourth-order valence-electron chi connectivity index (χ4n) is 1.98. The van der Waals surface area contributed by atoms with Crippen LogP contribution in [0.5, 0.6) is 5.75 Å². The molecule has 1 aromatic heterocycles. The number of ether oxygens (including phenoxy) is 2. The maximum atomic E-state index is 12.0. The van der Waals surface area contributed by atoms with Gasteiger partial charge in [-0.3, -0.25) is 4.79 Å². The van der Waals surface area contributed by atoms with Gasteiger partial charge in [-0.2, -0.15) is 0 Å². The molecule has 1 saturated carbocycles. The van der Waals surface area contributed by atoms with Gasteiger partial charge in [0.15, 0.2) is 11.4 Å². The first-order chi connectivity index (χ1) is 9.56. The Morgan fingerprint density at radius 2 is 2.10 bits per heavy atom. The summed E-state index contributed by atoms with van der Waals surface area (Å²) in [5.74, 6) is 0.579. The van der Waals surface area contributed by atoms with E-state index in [9.17, 15) is 9.59 Å². The van der Waals surface area contributed by atoms with Gasteiger partial charge in [0.2, 0.25) is 0 Å². The average Bonchev–Trinajstić information content (AvgIpc) is 3.18. The Morgan fingerprint density at radius 1 is 1.40 bits per heavy atom. The molecule has 0 bridgehead atoms. The molecule has 20 heavy (non-hydrogen) atoms. The van der Waals surface area contributed by atoms with E-state index >= 15 is 0 Å². The molecule has 0 aliphatic heterocycles. The number of aromatic nitrogens is 1. The highest BCUT2D eigenvalue weighted by atomic mass is 16.5. The molecule has 1 heterocycles. The highest BCUT2D eigenvalue weighted by Gasteiger charge is 2.32. The van der Waals surface area contributed by atoms with Crippen molar-refractivity contribution in [1.29, 1.82) is 0 Å². The van der Waals surface area contributed by atoms with E-state index in [0.717, 1.165) is 6.42 Å². The number of carbonyl (C=O) groups excluding carboxylic acids is 2. The van der Waals surface area contributed by atoms with Crippen LogP contribution in [0.4, 0.5) is 0 Å². The number of esters is 1. The van der Waals surface area contributed by atoms with Crippen molar-refractivity contribution in [3.63, 3.8) is 0 Å². The first-order valence-electron chi connectivity index (χ1n) is 6.48. The molecule has 1 N–H and O–H groups in total. The van der Waals surface area contributed by atoms with Gasteiger partial charge in [0.05, 0.1) is 14.2 Å². The summed E-state index contributed by atoms with van der Waals surface area (Å²) < 4.78 is 9.65. The maximum absolute atomic E-state index is 12.0. The van der Waals surface area contributed by atoms with Crippen LogP contribution in [0.25, 0.3) is 0 Å². The monoisotopic (exact) mass is 278 g/mol. The standard InChI is InChI=1S/C14H18N2O4/c1-8-6-9(8)7-15-13(17)10-4-5-11(19-2)12(16-10)14(18)20-3/h4-5,8-9H,6-7H2,1-3H3,(H,15,17). The van der Waals surface area contributed by atoms with E-state index < -0.39 is 5.97 Å². The van der Waals surface area contributed by atoms with E-state index in [0.29, 0.717) is 18.4 Å². The van der Waals surface area contributed by atoms with Gasteiger partial charge in [-0.15, -0.1) is 0 Å². The third-order valence-electron chi connectivity index (χ3n) is 3.49. The van der Waals surface area contributed by atoms with E-state index in [1.165, 1.54) is 26.4 Å². The van der Waals surface area contributed by atoms with Crippen LogP contribution in [-0.4, -0.2) is 37.6 Å². The molecule has 0 aromatic carbocycles. The molecule has 2 atom stereocenters. The van der Waals surface area contributed by atoms with Crippen LogP contribution in [0, 0.1) is 11.8 Å². The molecule has 1 fully saturated rings. The zero-order valence-electron chi connectivity index (χ0n) is 11.8. The van der Waals surface area contributed by atoms with Crippen molar-refractivity contribution in [2.75, 3.05) is 20.8 Å². The molecule has 0 spiro atoms. The number of rotatable bonds is 5. The largest absolute Gasteiger partial charge is 0.494 e. The van der Waals surface area contributed by atoms with E-state index in [1.807, 2.05) is 0 Å². The number of hydrogen-bond acceptors (Lipinski definition) is 5. The minimum atomic E-state index is -0.632. The molecule has 6 nitrogen and oxygen atoms in total. The number of pyridine rings is 1. The Labute approximate surface area is 117 Å². The van der Waals surface area contributed by atoms with Crippen molar-refractivity contribution >= 4 is 11.9 Å². The normalized spacial score (nSPS) is 20.1.